The number of nitrogens with one attached hydrogen (secondary N) is 2. The molecule has 0 saturated heterocycles. The summed E-state index contributed by atoms with van der Waals surface area (Å²) in [6.45, 7) is 3.84. The maximum Gasteiger partial charge on any atom is 0.265 e. The van der Waals surface area contributed by atoms with Crippen LogP contribution in [0.1, 0.15) is 18.9 Å². The first-order valence-corrected chi connectivity index (χ1v) is 11.3. The molecule has 29 heavy (non-hydrogen) atoms. The standard InChI is InChI=1S/C20H21N3O4S2/c1-3-18(27-16-8-4-14(2)5-9-16)19(24)22-15-6-10-17(11-7-15)29(25,26)23-20-21-12-13-28-20/h4-13,18H,3H2,1-2H3,(H,21,23)(H,22,24). The second kappa shape index (κ2) is 9.06. The van der Waals surface area contributed by atoms with Crippen molar-refractivity contribution in [3.05, 3.63) is 65.7 Å². The first-order valence-electron chi connectivity index (χ1n) is 8.94. The lowest BCUT2D eigenvalue weighted by Crippen LogP contribution is -2.32. The minimum atomic E-state index is -3.73. The van der Waals surface area contributed by atoms with Gasteiger partial charge in [0.1, 0.15) is 5.75 Å². The van der Waals surface area contributed by atoms with Crippen LogP contribution in [-0.4, -0.2) is 25.4 Å². The summed E-state index contributed by atoms with van der Waals surface area (Å²) in [4.78, 5) is 16.5. The van der Waals surface area contributed by atoms with Gasteiger partial charge in [0, 0.05) is 17.3 Å². The molecule has 2 aromatic carbocycles. The van der Waals surface area contributed by atoms with Gasteiger partial charge in [-0.25, -0.2) is 13.4 Å². The summed E-state index contributed by atoms with van der Waals surface area (Å²) in [6, 6.07) is 13.4. The van der Waals surface area contributed by atoms with E-state index in [1.54, 1.807) is 5.38 Å². The molecular weight excluding hydrogens is 410 g/mol. The Balaban J connectivity index is 1.64. The van der Waals surface area contributed by atoms with Gasteiger partial charge in [-0.3, -0.25) is 9.52 Å². The van der Waals surface area contributed by atoms with E-state index in [0.717, 1.165) is 5.56 Å². The van der Waals surface area contributed by atoms with Gasteiger partial charge in [-0.1, -0.05) is 24.6 Å². The molecule has 0 aliphatic rings. The molecule has 3 rings (SSSR count). The third kappa shape index (κ3) is 5.55. The zero-order chi connectivity index (χ0) is 20.9. The number of thiazole rings is 1. The lowest BCUT2D eigenvalue weighted by molar-refractivity contribution is -0.122. The lowest BCUT2D eigenvalue weighted by atomic mass is 10.2. The SMILES string of the molecule is CCC(Oc1ccc(C)cc1)C(=O)Nc1ccc(S(=O)(=O)Nc2nccs2)cc1. The summed E-state index contributed by atoms with van der Waals surface area (Å²) in [7, 11) is -3.73. The van der Waals surface area contributed by atoms with Crippen molar-refractivity contribution in [1.29, 1.82) is 0 Å². The number of hydrogen-bond acceptors (Lipinski definition) is 6. The van der Waals surface area contributed by atoms with Crippen LogP contribution in [0, 0.1) is 6.92 Å². The van der Waals surface area contributed by atoms with Crippen molar-refractivity contribution in [2.24, 2.45) is 0 Å². The number of carbonyl (C=O) groups is 1. The third-order valence-corrected chi connectivity index (χ3v) is 6.22. The summed E-state index contributed by atoms with van der Waals surface area (Å²) < 4.78 is 32.9. The van der Waals surface area contributed by atoms with Gasteiger partial charge in [-0.05, 0) is 49.7 Å². The molecule has 2 N–H and O–H groups in total. The van der Waals surface area contributed by atoms with Crippen LogP contribution in [0.3, 0.4) is 0 Å². The average molecular weight is 432 g/mol. The highest BCUT2D eigenvalue weighted by molar-refractivity contribution is 7.93. The maximum atomic E-state index is 12.5. The van der Waals surface area contributed by atoms with Gasteiger partial charge in [0.15, 0.2) is 11.2 Å². The number of nitrogens with zero attached hydrogens (tertiary/aromatic N) is 1. The smallest absolute Gasteiger partial charge is 0.265 e. The van der Waals surface area contributed by atoms with E-state index in [2.05, 4.69) is 15.0 Å². The maximum absolute atomic E-state index is 12.5. The van der Waals surface area contributed by atoms with Crippen molar-refractivity contribution in [2.75, 3.05) is 10.0 Å². The van der Waals surface area contributed by atoms with Crippen LogP contribution in [-0.2, 0) is 14.8 Å². The molecule has 0 spiro atoms. The van der Waals surface area contributed by atoms with Gasteiger partial charge in [0.2, 0.25) is 0 Å². The van der Waals surface area contributed by atoms with Crippen molar-refractivity contribution in [3.63, 3.8) is 0 Å². The molecule has 152 valence electrons. The molecule has 0 aliphatic heterocycles. The van der Waals surface area contributed by atoms with Crippen LogP contribution in [0.2, 0.25) is 0 Å². The molecule has 7 nitrogen and oxygen atoms in total. The Morgan fingerprint density at radius 2 is 1.83 bits per heavy atom. The highest BCUT2D eigenvalue weighted by Crippen LogP contribution is 2.20. The molecule has 0 radical (unpaired) electrons. The number of sulfonamides is 1. The fraction of sp³-hybridized carbons (Fsp3) is 0.200. The Labute approximate surface area is 173 Å². The fourth-order valence-corrected chi connectivity index (χ4v) is 4.28. The van der Waals surface area contributed by atoms with E-state index < -0.39 is 16.1 Å². The summed E-state index contributed by atoms with van der Waals surface area (Å²) in [5.74, 6) is 0.317. The van der Waals surface area contributed by atoms with Crippen molar-refractivity contribution in [2.45, 2.75) is 31.3 Å². The Hall–Kier alpha value is -2.91. The van der Waals surface area contributed by atoms with Crippen molar-refractivity contribution in [3.8, 4) is 5.75 Å². The number of carbonyl (C=O) groups excluding carboxylic acids is 1. The third-order valence-electron chi connectivity index (χ3n) is 4.05. The van der Waals surface area contributed by atoms with Crippen LogP contribution >= 0.6 is 11.3 Å². The summed E-state index contributed by atoms with van der Waals surface area (Å²) in [5, 5.41) is 4.73. The van der Waals surface area contributed by atoms with E-state index in [1.165, 1.54) is 41.8 Å². The Bertz CT molecular complexity index is 1050. The second-order valence-electron chi connectivity index (χ2n) is 6.28. The quantitative estimate of drug-likeness (QED) is 0.561. The number of anilines is 2. The molecule has 1 amide bonds. The number of hydrogen-bond donors (Lipinski definition) is 2. The first kappa shape index (κ1) is 20.8. The van der Waals surface area contributed by atoms with Crippen LogP contribution in [0.15, 0.2) is 65.0 Å². The Morgan fingerprint density at radius 1 is 1.14 bits per heavy atom. The van der Waals surface area contributed by atoms with Gasteiger partial charge in [0.05, 0.1) is 4.90 Å². The monoisotopic (exact) mass is 431 g/mol. The minimum absolute atomic E-state index is 0.0774. The van der Waals surface area contributed by atoms with E-state index in [9.17, 15) is 13.2 Å². The number of amides is 1. The zero-order valence-electron chi connectivity index (χ0n) is 16.0. The molecule has 0 saturated carbocycles. The summed E-state index contributed by atoms with van der Waals surface area (Å²) >= 11 is 1.19. The molecule has 3 aromatic rings. The molecular formula is C20H21N3O4S2. The van der Waals surface area contributed by atoms with E-state index in [1.807, 2.05) is 38.1 Å². The van der Waals surface area contributed by atoms with Crippen LogP contribution in [0.5, 0.6) is 5.75 Å². The van der Waals surface area contributed by atoms with Crippen molar-refractivity contribution < 1.29 is 17.9 Å². The molecule has 1 atom stereocenters. The largest absolute Gasteiger partial charge is 0.481 e. The second-order valence-corrected chi connectivity index (χ2v) is 8.86. The molecule has 0 aliphatic carbocycles. The molecule has 1 aromatic heterocycles. The number of ether oxygens (including phenoxy) is 1. The van der Waals surface area contributed by atoms with Crippen LogP contribution in [0.25, 0.3) is 0 Å². The highest BCUT2D eigenvalue weighted by atomic mass is 32.2. The topological polar surface area (TPSA) is 97.4 Å². The zero-order valence-corrected chi connectivity index (χ0v) is 17.6. The molecule has 1 unspecified atom stereocenters. The van der Waals surface area contributed by atoms with Crippen LogP contribution < -0.4 is 14.8 Å². The summed E-state index contributed by atoms with van der Waals surface area (Å²) in [6.07, 6.45) is 1.35. The number of rotatable bonds is 8. The molecule has 0 fully saturated rings. The van der Waals surface area contributed by atoms with Crippen molar-refractivity contribution >= 4 is 38.1 Å². The van der Waals surface area contributed by atoms with E-state index >= 15 is 0 Å². The van der Waals surface area contributed by atoms with Crippen LogP contribution in [0.4, 0.5) is 10.8 Å². The highest BCUT2D eigenvalue weighted by Gasteiger charge is 2.20. The number of benzene rings is 2. The molecule has 0 bridgehead atoms. The van der Waals surface area contributed by atoms with Gasteiger partial charge in [-0.15, -0.1) is 11.3 Å². The predicted octanol–water partition coefficient (Wildman–Crippen LogP) is 4.05. The minimum Gasteiger partial charge on any atom is -0.481 e. The van der Waals surface area contributed by atoms with E-state index in [0.29, 0.717) is 23.0 Å². The Morgan fingerprint density at radius 3 is 2.41 bits per heavy atom. The van der Waals surface area contributed by atoms with Gasteiger partial charge < -0.3 is 10.1 Å². The molecule has 9 heteroatoms. The summed E-state index contributed by atoms with van der Waals surface area (Å²) in [5.41, 5.74) is 1.59. The number of aryl methyl sites for hydroxylation is 1. The van der Waals surface area contributed by atoms with E-state index in [-0.39, 0.29) is 10.8 Å². The average Bonchev–Trinajstić information content (AvgIpc) is 3.20. The Kier molecular flexibility index (Phi) is 6.50. The number of aromatic nitrogens is 1. The van der Waals surface area contributed by atoms with Gasteiger partial charge >= 0.3 is 0 Å². The predicted molar refractivity (Wildman–Crippen MR) is 114 cm³/mol. The first-order chi connectivity index (χ1) is 13.9. The molecule has 1 heterocycles. The normalized spacial score (nSPS) is 12.2. The fourth-order valence-electron chi connectivity index (χ4n) is 2.49. The van der Waals surface area contributed by atoms with E-state index in [4.69, 9.17) is 4.74 Å². The van der Waals surface area contributed by atoms with Gasteiger partial charge in [-0.2, -0.15) is 0 Å². The van der Waals surface area contributed by atoms with Crippen molar-refractivity contribution in [1.82, 2.24) is 4.98 Å². The lowest BCUT2D eigenvalue weighted by Gasteiger charge is -2.17. The van der Waals surface area contributed by atoms with Gasteiger partial charge in [0.25, 0.3) is 15.9 Å².